The lowest BCUT2D eigenvalue weighted by molar-refractivity contribution is 0.622. The van der Waals surface area contributed by atoms with Crippen LogP contribution < -0.4 is 0 Å². The molecule has 0 bridgehead atoms. The summed E-state index contributed by atoms with van der Waals surface area (Å²) in [5.41, 5.74) is 0.373. The summed E-state index contributed by atoms with van der Waals surface area (Å²) in [7, 11) is 0. The molecule has 0 spiro atoms. The maximum Gasteiger partial charge on any atom is 0.141 e. The van der Waals surface area contributed by atoms with Crippen LogP contribution in [0.3, 0.4) is 0 Å². The predicted molar refractivity (Wildman–Crippen MR) is 64.0 cm³/mol. The minimum absolute atomic E-state index is 0.340. The van der Waals surface area contributed by atoms with Gasteiger partial charge in [-0.2, -0.15) is 0 Å². The van der Waals surface area contributed by atoms with E-state index < -0.39 is 0 Å². The Hall–Kier alpha value is -0.0400. The van der Waals surface area contributed by atoms with Crippen molar-refractivity contribution in [3.63, 3.8) is 0 Å². The Labute approximate surface area is 104 Å². The monoisotopic (exact) mass is 338 g/mol. The molecule has 0 aromatic heterocycles. The van der Waals surface area contributed by atoms with Gasteiger partial charge in [0.25, 0.3) is 0 Å². The SMILES string of the molecule is Fc1cc(Br)cc(Br)c1C#CCCCl. The molecule has 0 nitrogen and oxygen atoms in total. The average molecular weight is 340 g/mol. The highest BCUT2D eigenvalue weighted by Gasteiger charge is 2.05. The van der Waals surface area contributed by atoms with E-state index in [4.69, 9.17) is 11.6 Å². The van der Waals surface area contributed by atoms with Crippen LogP contribution in [0.5, 0.6) is 0 Å². The molecule has 0 N–H and O–H groups in total. The van der Waals surface area contributed by atoms with Gasteiger partial charge < -0.3 is 0 Å². The van der Waals surface area contributed by atoms with E-state index in [1.807, 2.05) is 0 Å². The van der Waals surface area contributed by atoms with E-state index in [-0.39, 0.29) is 5.82 Å². The zero-order valence-corrected chi connectivity index (χ0v) is 11.0. The fourth-order valence-corrected chi connectivity index (χ4v) is 2.23. The number of rotatable bonds is 1. The molecule has 74 valence electrons. The molecule has 0 saturated heterocycles. The molecule has 1 aromatic rings. The number of benzene rings is 1. The van der Waals surface area contributed by atoms with Crippen LogP contribution in [0.1, 0.15) is 12.0 Å². The van der Waals surface area contributed by atoms with Crippen LogP contribution in [-0.4, -0.2) is 5.88 Å². The van der Waals surface area contributed by atoms with Crippen LogP contribution in [0.25, 0.3) is 0 Å². The molecular weight excluding hydrogens is 334 g/mol. The third-order valence-corrected chi connectivity index (χ3v) is 2.71. The maximum atomic E-state index is 13.3. The Morgan fingerprint density at radius 1 is 1.36 bits per heavy atom. The highest BCUT2D eigenvalue weighted by atomic mass is 79.9. The summed E-state index contributed by atoms with van der Waals surface area (Å²) in [6, 6.07) is 3.14. The minimum Gasteiger partial charge on any atom is -0.206 e. The van der Waals surface area contributed by atoms with Crippen LogP contribution in [0, 0.1) is 17.7 Å². The molecule has 0 aliphatic rings. The van der Waals surface area contributed by atoms with Crippen LogP contribution in [0.2, 0.25) is 0 Å². The Bertz CT molecular complexity index is 370. The van der Waals surface area contributed by atoms with Gasteiger partial charge in [0.05, 0.1) is 5.56 Å². The lowest BCUT2D eigenvalue weighted by Crippen LogP contribution is -1.86. The molecule has 0 fully saturated rings. The van der Waals surface area contributed by atoms with Crippen molar-refractivity contribution in [3.8, 4) is 11.8 Å². The standard InChI is InChI=1S/C10H6Br2ClF/c11-7-5-9(12)8(10(14)6-7)3-1-2-4-13/h5-6H,2,4H2. The van der Waals surface area contributed by atoms with Crippen molar-refractivity contribution in [2.45, 2.75) is 6.42 Å². The van der Waals surface area contributed by atoms with Crippen molar-refractivity contribution in [3.05, 3.63) is 32.5 Å². The van der Waals surface area contributed by atoms with Gasteiger partial charge in [-0.15, -0.1) is 11.6 Å². The van der Waals surface area contributed by atoms with Gasteiger partial charge in [0.1, 0.15) is 5.82 Å². The predicted octanol–water partition coefficient (Wildman–Crippen LogP) is 4.33. The van der Waals surface area contributed by atoms with Crippen LogP contribution in [-0.2, 0) is 0 Å². The average Bonchev–Trinajstić information content (AvgIpc) is 2.09. The molecule has 1 rings (SSSR count). The molecule has 4 heteroatoms. The van der Waals surface area contributed by atoms with E-state index in [2.05, 4.69) is 43.7 Å². The van der Waals surface area contributed by atoms with Crippen molar-refractivity contribution in [1.29, 1.82) is 0 Å². The second-order valence-electron chi connectivity index (χ2n) is 2.49. The molecule has 14 heavy (non-hydrogen) atoms. The minimum atomic E-state index is -0.340. The Balaban J connectivity index is 3.04. The molecule has 0 amide bonds. The quantitative estimate of drug-likeness (QED) is 0.527. The third kappa shape index (κ3) is 3.27. The molecule has 0 heterocycles. The van der Waals surface area contributed by atoms with Crippen molar-refractivity contribution < 1.29 is 4.39 Å². The topological polar surface area (TPSA) is 0 Å². The highest BCUT2D eigenvalue weighted by Crippen LogP contribution is 2.24. The summed E-state index contributed by atoms with van der Waals surface area (Å²) >= 11 is 11.9. The molecule has 1 aromatic carbocycles. The lowest BCUT2D eigenvalue weighted by atomic mass is 10.2. The van der Waals surface area contributed by atoms with Gasteiger partial charge in [0, 0.05) is 21.2 Å². The number of hydrogen-bond donors (Lipinski definition) is 0. The fourth-order valence-electron chi connectivity index (χ4n) is 0.860. The first-order valence-corrected chi connectivity index (χ1v) is 5.96. The second kappa shape index (κ2) is 5.75. The van der Waals surface area contributed by atoms with Crippen molar-refractivity contribution in [2.75, 3.05) is 5.88 Å². The van der Waals surface area contributed by atoms with Gasteiger partial charge in [-0.25, -0.2) is 4.39 Å². The lowest BCUT2D eigenvalue weighted by Gasteiger charge is -1.99. The molecule has 0 saturated carbocycles. The Kier molecular flexibility index (Phi) is 4.94. The summed E-state index contributed by atoms with van der Waals surface area (Å²) in [4.78, 5) is 0. The normalized spacial score (nSPS) is 9.43. The van der Waals surface area contributed by atoms with Gasteiger partial charge in [-0.3, -0.25) is 0 Å². The van der Waals surface area contributed by atoms with Crippen LogP contribution >= 0.6 is 43.5 Å². The zero-order valence-electron chi connectivity index (χ0n) is 7.08. The third-order valence-electron chi connectivity index (χ3n) is 1.44. The van der Waals surface area contributed by atoms with E-state index in [1.165, 1.54) is 6.07 Å². The van der Waals surface area contributed by atoms with E-state index in [1.54, 1.807) is 6.07 Å². The van der Waals surface area contributed by atoms with Gasteiger partial charge in [0.2, 0.25) is 0 Å². The zero-order chi connectivity index (χ0) is 10.6. The molecule has 0 radical (unpaired) electrons. The van der Waals surface area contributed by atoms with Gasteiger partial charge >= 0.3 is 0 Å². The summed E-state index contributed by atoms with van der Waals surface area (Å²) in [5.74, 6) is 5.64. The Morgan fingerprint density at radius 3 is 2.64 bits per heavy atom. The number of alkyl halides is 1. The summed E-state index contributed by atoms with van der Waals surface area (Å²) in [6.45, 7) is 0. The summed E-state index contributed by atoms with van der Waals surface area (Å²) in [5, 5.41) is 0. The first-order valence-electron chi connectivity index (χ1n) is 3.84. The second-order valence-corrected chi connectivity index (χ2v) is 4.63. The first-order chi connectivity index (χ1) is 6.65. The highest BCUT2D eigenvalue weighted by molar-refractivity contribution is 9.11. The summed E-state index contributed by atoms with van der Waals surface area (Å²) in [6.07, 6.45) is 0.559. The van der Waals surface area contributed by atoms with E-state index in [0.29, 0.717) is 26.8 Å². The van der Waals surface area contributed by atoms with E-state index in [0.717, 1.165) is 0 Å². The van der Waals surface area contributed by atoms with Crippen molar-refractivity contribution >= 4 is 43.5 Å². The number of hydrogen-bond acceptors (Lipinski definition) is 0. The first kappa shape index (κ1) is 12.0. The largest absolute Gasteiger partial charge is 0.206 e. The molecule has 0 aliphatic heterocycles. The Morgan fingerprint density at radius 2 is 2.07 bits per heavy atom. The van der Waals surface area contributed by atoms with Crippen molar-refractivity contribution in [1.82, 2.24) is 0 Å². The van der Waals surface area contributed by atoms with Crippen molar-refractivity contribution in [2.24, 2.45) is 0 Å². The molecule has 0 aliphatic carbocycles. The van der Waals surface area contributed by atoms with E-state index >= 15 is 0 Å². The van der Waals surface area contributed by atoms with E-state index in [9.17, 15) is 4.39 Å². The summed E-state index contributed by atoms with van der Waals surface area (Å²) < 4.78 is 14.7. The van der Waals surface area contributed by atoms with Gasteiger partial charge in [-0.05, 0) is 28.1 Å². The number of halogens is 4. The smallest absolute Gasteiger partial charge is 0.141 e. The van der Waals surface area contributed by atoms with Gasteiger partial charge in [0.15, 0.2) is 0 Å². The van der Waals surface area contributed by atoms with Gasteiger partial charge in [-0.1, -0.05) is 27.8 Å². The fraction of sp³-hybridized carbons (Fsp3) is 0.200. The molecule has 0 unspecified atom stereocenters. The molecular formula is C10H6Br2ClF. The molecule has 0 atom stereocenters. The van der Waals surface area contributed by atoms with Crippen LogP contribution in [0.4, 0.5) is 4.39 Å². The maximum absolute atomic E-state index is 13.3. The van der Waals surface area contributed by atoms with Crippen LogP contribution in [0.15, 0.2) is 21.1 Å².